The largest absolute Gasteiger partial charge is 0.398 e. The fourth-order valence-electron chi connectivity index (χ4n) is 1.44. The van der Waals surface area contributed by atoms with Gasteiger partial charge in [0.15, 0.2) is 0 Å². The van der Waals surface area contributed by atoms with Crippen LogP contribution in [0.1, 0.15) is 20.8 Å². The lowest BCUT2D eigenvalue weighted by Crippen LogP contribution is -2.37. The van der Waals surface area contributed by atoms with E-state index in [1.54, 1.807) is 25.1 Å². The topological polar surface area (TPSA) is 72.2 Å². The maximum atomic E-state index is 12.3. The van der Waals surface area contributed by atoms with Crippen molar-refractivity contribution in [2.24, 2.45) is 5.92 Å². The highest BCUT2D eigenvalue weighted by atomic mass is 79.9. The van der Waals surface area contributed by atoms with Crippen LogP contribution in [0.15, 0.2) is 27.6 Å². The van der Waals surface area contributed by atoms with Crippen molar-refractivity contribution in [3.05, 3.63) is 22.7 Å². The standard InChI is InChI=1S/C13H19BrN2O2S/c1-8(2)7-16-13(17)9(3)19(18)12-5-4-10(14)6-11(12)15/h4-6,8-9H,7,15H2,1-3H3,(H,16,17). The molecule has 0 aliphatic carbocycles. The number of anilines is 1. The van der Waals surface area contributed by atoms with E-state index in [1.165, 1.54) is 0 Å². The van der Waals surface area contributed by atoms with Gasteiger partial charge in [-0.05, 0) is 31.0 Å². The highest BCUT2D eigenvalue weighted by molar-refractivity contribution is 9.10. The lowest BCUT2D eigenvalue weighted by Gasteiger charge is -2.14. The van der Waals surface area contributed by atoms with E-state index >= 15 is 0 Å². The van der Waals surface area contributed by atoms with Crippen molar-refractivity contribution < 1.29 is 9.00 Å². The smallest absolute Gasteiger partial charge is 0.235 e. The lowest BCUT2D eigenvalue weighted by atomic mass is 10.2. The van der Waals surface area contributed by atoms with Gasteiger partial charge in [-0.25, -0.2) is 0 Å². The zero-order chi connectivity index (χ0) is 14.6. The number of benzene rings is 1. The minimum atomic E-state index is -1.45. The van der Waals surface area contributed by atoms with Gasteiger partial charge < -0.3 is 11.1 Å². The maximum Gasteiger partial charge on any atom is 0.235 e. The molecule has 4 nitrogen and oxygen atoms in total. The Kier molecular flexibility index (Phi) is 6.00. The second kappa shape index (κ2) is 7.05. The van der Waals surface area contributed by atoms with Crippen molar-refractivity contribution in [1.29, 1.82) is 0 Å². The van der Waals surface area contributed by atoms with E-state index in [2.05, 4.69) is 21.2 Å². The maximum absolute atomic E-state index is 12.3. The van der Waals surface area contributed by atoms with Crippen LogP contribution >= 0.6 is 15.9 Å². The first-order valence-electron chi connectivity index (χ1n) is 6.06. The predicted molar refractivity (Wildman–Crippen MR) is 82.3 cm³/mol. The Morgan fingerprint density at radius 2 is 2.05 bits per heavy atom. The molecular weight excluding hydrogens is 328 g/mol. The Balaban J connectivity index is 2.79. The summed E-state index contributed by atoms with van der Waals surface area (Å²) in [6.07, 6.45) is 0. The van der Waals surface area contributed by atoms with E-state index in [0.29, 0.717) is 23.0 Å². The van der Waals surface area contributed by atoms with Gasteiger partial charge in [0.05, 0.1) is 15.7 Å². The molecule has 0 aliphatic heterocycles. The van der Waals surface area contributed by atoms with Crippen LogP contribution in [0.4, 0.5) is 5.69 Å². The Hall–Kier alpha value is -0.880. The molecule has 19 heavy (non-hydrogen) atoms. The van der Waals surface area contributed by atoms with Gasteiger partial charge in [-0.15, -0.1) is 0 Å². The summed E-state index contributed by atoms with van der Waals surface area (Å²) in [7, 11) is -1.45. The third-order valence-corrected chi connectivity index (χ3v) is 4.72. The van der Waals surface area contributed by atoms with E-state index in [9.17, 15) is 9.00 Å². The monoisotopic (exact) mass is 346 g/mol. The zero-order valence-electron chi connectivity index (χ0n) is 11.3. The zero-order valence-corrected chi connectivity index (χ0v) is 13.7. The number of rotatable bonds is 5. The van der Waals surface area contributed by atoms with Crippen LogP contribution < -0.4 is 11.1 Å². The number of carbonyl (C=O) groups is 1. The summed E-state index contributed by atoms with van der Waals surface area (Å²) in [5.74, 6) is 0.150. The van der Waals surface area contributed by atoms with Crippen molar-refractivity contribution in [3.8, 4) is 0 Å². The van der Waals surface area contributed by atoms with Crippen LogP contribution in [0, 0.1) is 5.92 Å². The number of halogens is 1. The summed E-state index contributed by atoms with van der Waals surface area (Å²) < 4.78 is 13.1. The van der Waals surface area contributed by atoms with Gasteiger partial charge in [-0.2, -0.15) is 0 Å². The van der Waals surface area contributed by atoms with Crippen LogP contribution in [0.5, 0.6) is 0 Å². The first-order chi connectivity index (χ1) is 8.82. The highest BCUT2D eigenvalue weighted by Gasteiger charge is 2.22. The van der Waals surface area contributed by atoms with Crippen molar-refractivity contribution in [3.63, 3.8) is 0 Å². The van der Waals surface area contributed by atoms with E-state index < -0.39 is 16.0 Å². The van der Waals surface area contributed by atoms with E-state index in [-0.39, 0.29) is 5.91 Å². The summed E-state index contributed by atoms with van der Waals surface area (Å²) in [4.78, 5) is 12.4. The van der Waals surface area contributed by atoms with Gasteiger partial charge in [-0.3, -0.25) is 9.00 Å². The lowest BCUT2D eigenvalue weighted by molar-refractivity contribution is -0.120. The third-order valence-electron chi connectivity index (χ3n) is 2.56. The van der Waals surface area contributed by atoms with Gasteiger partial charge in [0.25, 0.3) is 0 Å². The molecule has 0 aromatic heterocycles. The molecule has 0 bridgehead atoms. The number of carbonyl (C=O) groups excluding carboxylic acids is 1. The SMILES string of the molecule is CC(C)CNC(=O)C(C)S(=O)c1ccc(Br)cc1N. The molecule has 1 aromatic carbocycles. The molecular formula is C13H19BrN2O2S. The Labute approximate surface area is 124 Å². The number of nitrogens with one attached hydrogen (secondary N) is 1. The summed E-state index contributed by atoms with van der Waals surface area (Å²) in [6, 6.07) is 5.13. The molecule has 0 aliphatic rings. The Bertz CT molecular complexity index is 492. The number of amides is 1. The first-order valence-corrected chi connectivity index (χ1v) is 8.06. The van der Waals surface area contributed by atoms with Crippen molar-refractivity contribution in [1.82, 2.24) is 5.32 Å². The molecule has 106 valence electrons. The van der Waals surface area contributed by atoms with Gasteiger partial charge in [0.2, 0.25) is 5.91 Å². The summed E-state index contributed by atoms with van der Waals surface area (Å²) in [5, 5.41) is 2.16. The van der Waals surface area contributed by atoms with Gasteiger partial charge in [-0.1, -0.05) is 29.8 Å². The second-order valence-corrected chi connectivity index (χ2v) is 7.42. The number of hydrogen-bond donors (Lipinski definition) is 2. The van der Waals surface area contributed by atoms with E-state index in [4.69, 9.17) is 5.73 Å². The molecule has 3 N–H and O–H groups in total. The summed E-state index contributed by atoms with van der Waals surface area (Å²) in [5.41, 5.74) is 6.25. The minimum absolute atomic E-state index is 0.214. The van der Waals surface area contributed by atoms with Crippen LogP contribution in [0.2, 0.25) is 0 Å². The van der Waals surface area contributed by atoms with Crippen LogP contribution in [-0.4, -0.2) is 21.9 Å². The fourth-order valence-corrected chi connectivity index (χ4v) is 2.97. The van der Waals surface area contributed by atoms with Gasteiger partial charge >= 0.3 is 0 Å². The molecule has 0 saturated carbocycles. The first kappa shape index (κ1) is 16.2. The van der Waals surface area contributed by atoms with Crippen molar-refractivity contribution in [2.45, 2.75) is 30.9 Å². The Morgan fingerprint density at radius 3 is 2.58 bits per heavy atom. The molecule has 0 spiro atoms. The summed E-state index contributed by atoms with van der Waals surface area (Å²) in [6.45, 7) is 6.24. The number of hydrogen-bond acceptors (Lipinski definition) is 3. The third kappa shape index (κ3) is 4.62. The molecule has 2 atom stereocenters. The minimum Gasteiger partial charge on any atom is -0.398 e. The van der Waals surface area contributed by atoms with Crippen LogP contribution in [0.25, 0.3) is 0 Å². The normalized spacial score (nSPS) is 14.2. The molecule has 0 radical (unpaired) electrons. The average molecular weight is 347 g/mol. The van der Waals surface area contributed by atoms with Crippen LogP contribution in [-0.2, 0) is 15.6 Å². The van der Waals surface area contributed by atoms with E-state index in [1.807, 2.05) is 13.8 Å². The quantitative estimate of drug-likeness (QED) is 0.803. The van der Waals surface area contributed by atoms with E-state index in [0.717, 1.165) is 4.47 Å². The molecule has 2 unspecified atom stereocenters. The van der Waals surface area contributed by atoms with Gasteiger partial charge in [0, 0.05) is 16.7 Å². The molecule has 1 amide bonds. The van der Waals surface area contributed by atoms with Crippen molar-refractivity contribution >= 4 is 38.3 Å². The predicted octanol–water partition coefficient (Wildman–Crippen LogP) is 2.30. The molecule has 6 heteroatoms. The highest BCUT2D eigenvalue weighted by Crippen LogP contribution is 2.23. The van der Waals surface area contributed by atoms with Crippen molar-refractivity contribution in [2.75, 3.05) is 12.3 Å². The molecule has 0 saturated heterocycles. The van der Waals surface area contributed by atoms with Gasteiger partial charge in [0.1, 0.15) is 5.25 Å². The molecule has 0 fully saturated rings. The Morgan fingerprint density at radius 1 is 1.42 bits per heavy atom. The molecule has 0 heterocycles. The molecule has 1 rings (SSSR count). The number of nitrogen functional groups attached to an aromatic ring is 1. The number of nitrogens with two attached hydrogens (primary N) is 1. The van der Waals surface area contributed by atoms with Crippen LogP contribution in [0.3, 0.4) is 0 Å². The fraction of sp³-hybridized carbons (Fsp3) is 0.462. The second-order valence-electron chi connectivity index (χ2n) is 4.76. The molecule has 1 aromatic rings. The summed E-state index contributed by atoms with van der Waals surface area (Å²) >= 11 is 3.29. The average Bonchev–Trinajstić information content (AvgIpc) is 2.34.